The maximum absolute atomic E-state index is 14.2. The van der Waals surface area contributed by atoms with Crippen molar-refractivity contribution in [1.82, 2.24) is 14.5 Å². The number of alkyl halides is 3. The number of hydrogen-bond acceptors (Lipinski definition) is 3. The van der Waals surface area contributed by atoms with Crippen LogP contribution >= 0.6 is 0 Å². The van der Waals surface area contributed by atoms with Gasteiger partial charge in [-0.3, -0.25) is 4.90 Å². The molecule has 1 saturated heterocycles. The number of benzene rings is 1. The van der Waals surface area contributed by atoms with Gasteiger partial charge in [-0.25, -0.2) is 9.37 Å². The Bertz CT molecular complexity index is 1060. The van der Waals surface area contributed by atoms with Crippen molar-refractivity contribution in [2.45, 2.75) is 32.7 Å². The predicted octanol–water partition coefficient (Wildman–Crippen LogP) is 4.62. The van der Waals surface area contributed by atoms with Gasteiger partial charge >= 0.3 is 6.18 Å². The molecule has 156 valence electrons. The summed E-state index contributed by atoms with van der Waals surface area (Å²) >= 11 is 0. The summed E-state index contributed by atoms with van der Waals surface area (Å²) in [5.74, 6) is -0.0693. The molecule has 1 aliphatic rings. The lowest BCUT2D eigenvalue weighted by molar-refractivity contribution is -0.140. The molecule has 0 radical (unpaired) electrons. The monoisotopic (exact) mass is 409 g/mol. The van der Waals surface area contributed by atoms with Gasteiger partial charge in [-0.1, -0.05) is 6.92 Å². The van der Waals surface area contributed by atoms with Gasteiger partial charge in [-0.2, -0.15) is 13.2 Å². The molecule has 2 unspecified atom stereocenters. The van der Waals surface area contributed by atoms with Crippen molar-refractivity contribution in [1.29, 1.82) is 0 Å². The summed E-state index contributed by atoms with van der Waals surface area (Å²) in [6, 6.07) is 4.47. The first-order valence-corrected chi connectivity index (χ1v) is 9.60. The third kappa shape index (κ3) is 3.48. The third-order valence-corrected chi connectivity index (χ3v) is 5.88. The normalized spacial score (nSPS) is 20.9. The van der Waals surface area contributed by atoms with Crippen LogP contribution < -0.4 is 0 Å². The van der Waals surface area contributed by atoms with Crippen LogP contribution in [0.2, 0.25) is 0 Å². The van der Waals surface area contributed by atoms with E-state index in [0.29, 0.717) is 40.9 Å². The first-order chi connectivity index (χ1) is 13.7. The van der Waals surface area contributed by atoms with Crippen molar-refractivity contribution < 1.29 is 22.3 Å². The van der Waals surface area contributed by atoms with Crippen LogP contribution in [0.5, 0.6) is 0 Å². The summed E-state index contributed by atoms with van der Waals surface area (Å²) in [6.45, 7) is 6.21. The molecule has 0 saturated carbocycles. The molecule has 0 spiro atoms. The Morgan fingerprint density at radius 3 is 2.59 bits per heavy atom. The van der Waals surface area contributed by atoms with E-state index in [1.807, 2.05) is 0 Å². The SMILES string of the molecule is COC1CN(CCn2c3cc(C)c(F)cc3c3ccnc(C(F)(F)F)c32)CC1C. The molecule has 1 aromatic carbocycles. The number of pyridine rings is 1. The molecule has 0 bridgehead atoms. The van der Waals surface area contributed by atoms with Crippen LogP contribution in [-0.2, 0) is 17.5 Å². The summed E-state index contributed by atoms with van der Waals surface area (Å²) in [7, 11) is 1.68. The summed E-state index contributed by atoms with van der Waals surface area (Å²) < 4.78 is 62.4. The molecule has 29 heavy (non-hydrogen) atoms. The van der Waals surface area contributed by atoms with E-state index in [2.05, 4.69) is 16.8 Å². The Balaban J connectivity index is 1.83. The average molecular weight is 409 g/mol. The van der Waals surface area contributed by atoms with Gasteiger partial charge < -0.3 is 9.30 Å². The first-order valence-electron chi connectivity index (χ1n) is 9.60. The smallest absolute Gasteiger partial charge is 0.380 e. The lowest BCUT2D eigenvalue weighted by Crippen LogP contribution is -2.27. The van der Waals surface area contributed by atoms with Crippen LogP contribution in [0.15, 0.2) is 24.4 Å². The van der Waals surface area contributed by atoms with Crippen LogP contribution in [0.1, 0.15) is 18.2 Å². The minimum absolute atomic E-state index is 0.00976. The topological polar surface area (TPSA) is 30.3 Å². The predicted molar refractivity (Wildman–Crippen MR) is 103 cm³/mol. The number of rotatable bonds is 4. The molecule has 8 heteroatoms. The van der Waals surface area contributed by atoms with Crippen molar-refractivity contribution >= 4 is 21.8 Å². The van der Waals surface area contributed by atoms with Gasteiger partial charge in [0.1, 0.15) is 5.82 Å². The zero-order chi connectivity index (χ0) is 20.9. The Labute approximate surface area is 166 Å². The van der Waals surface area contributed by atoms with Crippen LogP contribution in [0.25, 0.3) is 21.8 Å². The maximum Gasteiger partial charge on any atom is 0.435 e. The lowest BCUT2D eigenvalue weighted by Gasteiger charge is -2.18. The van der Waals surface area contributed by atoms with E-state index in [4.69, 9.17) is 4.74 Å². The second-order valence-corrected chi connectivity index (χ2v) is 7.83. The van der Waals surface area contributed by atoms with Crippen LogP contribution in [0.3, 0.4) is 0 Å². The highest BCUT2D eigenvalue weighted by atomic mass is 19.4. The van der Waals surface area contributed by atoms with E-state index in [0.717, 1.165) is 19.3 Å². The molecule has 4 rings (SSSR count). The lowest BCUT2D eigenvalue weighted by atomic mass is 10.1. The zero-order valence-electron chi connectivity index (χ0n) is 16.6. The maximum atomic E-state index is 14.2. The van der Waals surface area contributed by atoms with Crippen molar-refractivity contribution in [2.75, 3.05) is 26.7 Å². The van der Waals surface area contributed by atoms with E-state index in [1.54, 1.807) is 24.7 Å². The molecule has 1 aliphatic heterocycles. The third-order valence-electron chi connectivity index (χ3n) is 5.88. The van der Waals surface area contributed by atoms with E-state index in [9.17, 15) is 17.6 Å². The number of fused-ring (bicyclic) bond motifs is 3. The Hall–Kier alpha value is -2.19. The average Bonchev–Trinajstić information content (AvgIpc) is 3.17. The van der Waals surface area contributed by atoms with E-state index >= 15 is 0 Å². The summed E-state index contributed by atoms with van der Waals surface area (Å²) in [5.41, 5.74) is 0.0645. The Morgan fingerprint density at radius 1 is 1.17 bits per heavy atom. The highest BCUT2D eigenvalue weighted by Gasteiger charge is 2.37. The standard InChI is InChI=1S/C21H23F4N3O/c1-12-8-17-15(9-16(12)22)14-4-5-26-20(21(23,24)25)19(14)28(17)7-6-27-10-13(2)18(11-27)29-3/h4-5,8-9,13,18H,6-7,10-11H2,1-3H3. The first kappa shape index (κ1) is 20.1. The zero-order valence-corrected chi connectivity index (χ0v) is 16.6. The number of ether oxygens (including phenoxy) is 1. The van der Waals surface area contributed by atoms with Gasteiger partial charge in [0.25, 0.3) is 0 Å². The van der Waals surface area contributed by atoms with Crippen LogP contribution in [-0.4, -0.2) is 47.3 Å². The second kappa shape index (κ2) is 7.25. The van der Waals surface area contributed by atoms with Crippen molar-refractivity contribution in [3.8, 4) is 0 Å². The molecular weight excluding hydrogens is 386 g/mol. The van der Waals surface area contributed by atoms with Gasteiger partial charge in [0.2, 0.25) is 0 Å². The number of halogens is 4. The number of likely N-dealkylation sites (tertiary alicyclic amines) is 1. The van der Waals surface area contributed by atoms with Crippen molar-refractivity contribution in [2.24, 2.45) is 5.92 Å². The molecule has 0 N–H and O–H groups in total. The van der Waals surface area contributed by atoms with Crippen molar-refractivity contribution in [3.63, 3.8) is 0 Å². The summed E-state index contributed by atoms with van der Waals surface area (Å²) in [6.07, 6.45) is -3.34. The largest absolute Gasteiger partial charge is 0.435 e. The Kier molecular flexibility index (Phi) is 5.02. The molecule has 3 heterocycles. The van der Waals surface area contributed by atoms with E-state index < -0.39 is 17.7 Å². The number of aryl methyl sites for hydroxylation is 1. The quantitative estimate of drug-likeness (QED) is 0.589. The highest BCUT2D eigenvalue weighted by molar-refractivity contribution is 6.09. The minimum atomic E-state index is -4.59. The van der Waals surface area contributed by atoms with Crippen molar-refractivity contribution in [3.05, 3.63) is 41.5 Å². The molecule has 3 aromatic rings. The number of aromatic nitrogens is 2. The summed E-state index contributed by atoms with van der Waals surface area (Å²) in [4.78, 5) is 5.81. The molecule has 4 nitrogen and oxygen atoms in total. The van der Waals surface area contributed by atoms with E-state index in [-0.39, 0.29) is 11.6 Å². The number of hydrogen-bond donors (Lipinski definition) is 0. The van der Waals surface area contributed by atoms with Gasteiger partial charge in [0, 0.05) is 55.8 Å². The molecule has 2 aromatic heterocycles. The number of methoxy groups -OCH3 is 1. The van der Waals surface area contributed by atoms with Gasteiger partial charge in [-0.05, 0) is 36.6 Å². The van der Waals surface area contributed by atoms with Gasteiger partial charge in [0.15, 0.2) is 5.69 Å². The molecular formula is C21H23F4N3O. The second-order valence-electron chi connectivity index (χ2n) is 7.83. The molecule has 2 atom stereocenters. The number of nitrogens with zero attached hydrogens (tertiary/aromatic N) is 3. The fourth-order valence-corrected chi connectivity index (χ4v) is 4.37. The summed E-state index contributed by atoms with van der Waals surface area (Å²) in [5, 5.41) is 0.839. The molecule has 0 aliphatic carbocycles. The fraction of sp³-hybridized carbons (Fsp3) is 0.476. The Morgan fingerprint density at radius 2 is 1.93 bits per heavy atom. The van der Waals surface area contributed by atoms with E-state index in [1.165, 1.54) is 12.1 Å². The van der Waals surface area contributed by atoms with Gasteiger partial charge in [0.05, 0.1) is 11.6 Å². The molecule has 1 fully saturated rings. The van der Waals surface area contributed by atoms with Gasteiger partial charge in [-0.15, -0.1) is 0 Å². The fourth-order valence-electron chi connectivity index (χ4n) is 4.37. The van der Waals surface area contributed by atoms with Crippen LogP contribution in [0, 0.1) is 18.7 Å². The molecule has 0 amide bonds. The van der Waals surface area contributed by atoms with Crippen LogP contribution in [0.4, 0.5) is 17.6 Å². The minimum Gasteiger partial charge on any atom is -0.380 e. The highest BCUT2D eigenvalue weighted by Crippen LogP contribution is 2.38.